The standard InChI is InChI=1S/C34H29N5O2/c1-4-31-35-27-19-25(33-36-26-12-6-8-14-30(26)38(33)3)24(20(2)32(27)37-31)18-21-10-9-15-28-22(21)16-17-39(28)29-13-7-5-11-23(29)34(40)41/h5-17,19H,4,18H2,1-3H3,(H,35,37)(H,40,41). The largest absolute Gasteiger partial charge is 0.478 e. The minimum absolute atomic E-state index is 0.270. The molecule has 3 aromatic heterocycles. The Bertz CT molecular complexity index is 2130. The third-order valence-corrected chi connectivity index (χ3v) is 8.15. The molecular weight excluding hydrogens is 510 g/mol. The van der Waals surface area contributed by atoms with E-state index in [0.717, 1.165) is 67.7 Å². The van der Waals surface area contributed by atoms with Crippen LogP contribution in [0.1, 0.15) is 39.8 Å². The lowest BCUT2D eigenvalue weighted by atomic mass is 9.92. The van der Waals surface area contributed by atoms with E-state index in [1.165, 1.54) is 5.56 Å². The first-order valence-corrected chi connectivity index (χ1v) is 13.8. The summed E-state index contributed by atoms with van der Waals surface area (Å²) in [4.78, 5) is 25.5. The van der Waals surface area contributed by atoms with E-state index in [4.69, 9.17) is 9.97 Å². The molecule has 0 aliphatic rings. The third kappa shape index (κ3) is 3.92. The van der Waals surface area contributed by atoms with Crippen molar-refractivity contribution >= 4 is 38.9 Å². The van der Waals surface area contributed by atoms with Gasteiger partial charge in [0.25, 0.3) is 0 Å². The summed E-state index contributed by atoms with van der Waals surface area (Å²) in [6, 6.07) is 25.8. The average molecular weight is 540 g/mol. The van der Waals surface area contributed by atoms with Gasteiger partial charge in [-0.25, -0.2) is 14.8 Å². The zero-order chi connectivity index (χ0) is 28.2. The zero-order valence-electron chi connectivity index (χ0n) is 23.1. The Kier molecular flexibility index (Phi) is 5.75. The van der Waals surface area contributed by atoms with Crippen LogP contribution in [0.2, 0.25) is 0 Å². The summed E-state index contributed by atoms with van der Waals surface area (Å²) in [5.74, 6) is 0.937. The Hall–Kier alpha value is -5.17. The maximum absolute atomic E-state index is 12.0. The number of H-pyrrole nitrogens is 1. The smallest absolute Gasteiger partial charge is 0.337 e. The number of carboxylic acid groups (broad SMARTS) is 1. The molecule has 0 bridgehead atoms. The van der Waals surface area contributed by atoms with Crippen molar-refractivity contribution in [2.45, 2.75) is 26.7 Å². The van der Waals surface area contributed by atoms with Crippen molar-refractivity contribution in [1.82, 2.24) is 24.1 Å². The number of nitrogens with zero attached hydrogens (tertiary/aromatic N) is 4. The van der Waals surface area contributed by atoms with E-state index in [1.807, 2.05) is 53.2 Å². The highest BCUT2D eigenvalue weighted by atomic mass is 16.4. The number of aromatic amines is 1. The second-order valence-corrected chi connectivity index (χ2v) is 10.5. The molecule has 3 heterocycles. The maximum atomic E-state index is 12.0. The predicted octanol–water partition coefficient (Wildman–Crippen LogP) is 7.22. The number of rotatable bonds is 6. The van der Waals surface area contributed by atoms with Gasteiger partial charge >= 0.3 is 5.97 Å². The van der Waals surface area contributed by atoms with Crippen molar-refractivity contribution in [2.75, 3.05) is 0 Å². The van der Waals surface area contributed by atoms with Crippen LogP contribution >= 0.6 is 0 Å². The topological polar surface area (TPSA) is 88.7 Å². The number of imidazole rings is 2. The van der Waals surface area contributed by atoms with E-state index in [0.29, 0.717) is 12.1 Å². The summed E-state index contributed by atoms with van der Waals surface area (Å²) < 4.78 is 4.13. The number of nitrogens with one attached hydrogen (secondary N) is 1. The van der Waals surface area contributed by atoms with Gasteiger partial charge in [0.15, 0.2) is 0 Å². The fourth-order valence-corrected chi connectivity index (χ4v) is 6.04. The van der Waals surface area contributed by atoms with E-state index in [2.05, 4.69) is 54.7 Å². The highest BCUT2D eigenvalue weighted by Gasteiger charge is 2.21. The molecule has 0 aliphatic heterocycles. The molecule has 202 valence electrons. The van der Waals surface area contributed by atoms with Gasteiger partial charge in [0, 0.05) is 30.6 Å². The van der Waals surface area contributed by atoms with Crippen LogP contribution in [-0.2, 0) is 19.9 Å². The molecule has 0 unspecified atom stereocenters. The Morgan fingerprint density at radius 1 is 0.951 bits per heavy atom. The van der Waals surface area contributed by atoms with Crippen molar-refractivity contribution in [1.29, 1.82) is 0 Å². The molecule has 0 amide bonds. The summed E-state index contributed by atoms with van der Waals surface area (Å²) in [5.41, 5.74) is 10.5. The summed E-state index contributed by atoms with van der Waals surface area (Å²) >= 11 is 0. The van der Waals surface area contributed by atoms with Crippen LogP contribution in [-0.4, -0.2) is 35.2 Å². The van der Waals surface area contributed by atoms with Crippen LogP contribution in [0.15, 0.2) is 85.1 Å². The molecule has 4 aromatic carbocycles. The lowest BCUT2D eigenvalue weighted by Crippen LogP contribution is -2.04. The highest BCUT2D eigenvalue weighted by molar-refractivity contribution is 5.95. The fourth-order valence-electron chi connectivity index (χ4n) is 6.04. The van der Waals surface area contributed by atoms with Crippen molar-refractivity contribution in [3.8, 4) is 17.1 Å². The normalized spacial score (nSPS) is 11.7. The summed E-state index contributed by atoms with van der Waals surface area (Å²) in [6.07, 6.45) is 3.46. The van der Waals surface area contributed by atoms with Gasteiger partial charge in [-0.1, -0.05) is 43.3 Å². The van der Waals surface area contributed by atoms with E-state index in [9.17, 15) is 9.90 Å². The molecule has 0 saturated carbocycles. The predicted molar refractivity (Wildman–Crippen MR) is 163 cm³/mol. The number of hydrogen-bond donors (Lipinski definition) is 2. The first-order valence-electron chi connectivity index (χ1n) is 13.8. The number of fused-ring (bicyclic) bond motifs is 3. The summed E-state index contributed by atoms with van der Waals surface area (Å²) in [6.45, 7) is 4.26. The first kappa shape index (κ1) is 24.8. The van der Waals surface area contributed by atoms with Gasteiger partial charge in [0.2, 0.25) is 0 Å². The Morgan fingerprint density at radius 3 is 2.54 bits per heavy atom. The van der Waals surface area contributed by atoms with E-state index in [1.54, 1.807) is 12.1 Å². The number of aromatic nitrogens is 5. The number of aryl methyl sites for hydroxylation is 3. The van der Waals surface area contributed by atoms with Crippen LogP contribution in [0.4, 0.5) is 0 Å². The van der Waals surface area contributed by atoms with E-state index >= 15 is 0 Å². The van der Waals surface area contributed by atoms with Gasteiger partial charge in [-0.05, 0) is 72.5 Å². The van der Waals surface area contributed by atoms with Crippen molar-refractivity contribution in [3.05, 3.63) is 113 Å². The molecule has 0 atom stereocenters. The molecule has 2 N–H and O–H groups in total. The molecular formula is C34H29N5O2. The second kappa shape index (κ2) is 9.48. The minimum atomic E-state index is -0.944. The van der Waals surface area contributed by atoms with Gasteiger partial charge < -0.3 is 19.2 Å². The Labute approximate surface area is 236 Å². The number of para-hydroxylation sites is 3. The second-order valence-electron chi connectivity index (χ2n) is 10.5. The highest BCUT2D eigenvalue weighted by Crippen LogP contribution is 2.36. The first-order chi connectivity index (χ1) is 19.9. The quantitative estimate of drug-likeness (QED) is 0.234. The molecule has 7 heteroatoms. The SMILES string of the molecule is CCc1nc2c(C)c(Cc3cccc4c3ccn4-c3ccccc3C(=O)O)c(-c3nc4ccccc4n3C)cc2[nH]1. The summed E-state index contributed by atoms with van der Waals surface area (Å²) in [5, 5.41) is 10.9. The monoisotopic (exact) mass is 539 g/mol. The number of aromatic carboxylic acids is 1. The van der Waals surface area contributed by atoms with Gasteiger partial charge in [-0.15, -0.1) is 0 Å². The maximum Gasteiger partial charge on any atom is 0.337 e. The van der Waals surface area contributed by atoms with Crippen LogP contribution in [0, 0.1) is 6.92 Å². The molecule has 7 nitrogen and oxygen atoms in total. The van der Waals surface area contributed by atoms with Crippen molar-refractivity contribution < 1.29 is 9.90 Å². The Balaban J connectivity index is 1.43. The van der Waals surface area contributed by atoms with Crippen LogP contribution in [0.25, 0.3) is 50.0 Å². The lowest BCUT2D eigenvalue weighted by Gasteiger charge is -2.15. The number of hydrogen-bond acceptors (Lipinski definition) is 3. The summed E-state index contributed by atoms with van der Waals surface area (Å²) in [7, 11) is 2.07. The van der Waals surface area contributed by atoms with Crippen molar-refractivity contribution in [2.24, 2.45) is 7.05 Å². The molecule has 0 spiro atoms. The molecule has 0 radical (unpaired) electrons. The van der Waals surface area contributed by atoms with Gasteiger partial charge in [0.1, 0.15) is 11.6 Å². The van der Waals surface area contributed by atoms with Crippen LogP contribution in [0.3, 0.4) is 0 Å². The molecule has 41 heavy (non-hydrogen) atoms. The molecule has 0 aliphatic carbocycles. The van der Waals surface area contributed by atoms with Gasteiger partial charge in [-0.3, -0.25) is 0 Å². The van der Waals surface area contributed by atoms with E-state index < -0.39 is 5.97 Å². The van der Waals surface area contributed by atoms with Crippen LogP contribution < -0.4 is 0 Å². The minimum Gasteiger partial charge on any atom is -0.478 e. The van der Waals surface area contributed by atoms with Gasteiger partial charge in [-0.2, -0.15) is 0 Å². The molecule has 0 fully saturated rings. The van der Waals surface area contributed by atoms with E-state index in [-0.39, 0.29) is 5.56 Å². The number of benzene rings is 4. The van der Waals surface area contributed by atoms with Gasteiger partial charge in [0.05, 0.1) is 38.8 Å². The Morgan fingerprint density at radius 2 is 1.73 bits per heavy atom. The average Bonchev–Trinajstić information content (AvgIpc) is 3.70. The molecule has 0 saturated heterocycles. The third-order valence-electron chi connectivity index (χ3n) is 8.15. The van der Waals surface area contributed by atoms with Crippen LogP contribution in [0.5, 0.6) is 0 Å². The number of carboxylic acids is 1. The molecule has 7 aromatic rings. The zero-order valence-corrected chi connectivity index (χ0v) is 23.1. The lowest BCUT2D eigenvalue weighted by molar-refractivity contribution is 0.0697. The fraction of sp³-hybridized carbons (Fsp3) is 0.147. The van der Waals surface area contributed by atoms with Crippen molar-refractivity contribution in [3.63, 3.8) is 0 Å². The number of carbonyl (C=O) groups is 1. The molecule has 7 rings (SSSR count).